The Bertz CT molecular complexity index is 3880. The molecule has 23 nitrogen and oxygen atoms in total. The summed E-state index contributed by atoms with van der Waals surface area (Å²) in [6, 6.07) is 24.5. The summed E-state index contributed by atoms with van der Waals surface area (Å²) >= 11 is 6.28. The summed E-state index contributed by atoms with van der Waals surface area (Å²) in [4.78, 5) is 91.8. The number of allylic oxidation sites excluding steroid dienone is 1. The first-order valence-electron chi connectivity index (χ1n) is 31.4. The van der Waals surface area contributed by atoms with E-state index in [0.717, 1.165) is 98.4 Å². The molecule has 4 amide bonds. The fourth-order valence-corrected chi connectivity index (χ4v) is 14.0. The lowest BCUT2D eigenvalue weighted by Gasteiger charge is -2.39. The molecule has 1 atom stereocenters. The lowest BCUT2D eigenvalue weighted by Crippen LogP contribution is -2.54. The van der Waals surface area contributed by atoms with Crippen LogP contribution < -0.4 is 25.6 Å². The molecule has 25 heteroatoms. The van der Waals surface area contributed by atoms with Gasteiger partial charge < -0.3 is 44.4 Å². The standard InChI is InChI=1S/C67H77ClN10O13S/c1-67(2)20-16-47(54(39-67)45-6-8-48(68)9-7-45)42-75-25-27-76(28-26-75)49-10-12-52(60(37-49)91-50-36-46-17-21-70-63(46)72-41-50)59(79)43-92(86,87)51-11-13-55(58(38-51)78(84)85)71-40-44-18-23-74(24-19-44)29-31-89-33-35-90-34-32-88-30-22-69-56-5-3-4-53-62(56)66(83)77(65(53)82)57-14-15-61(80)73-64(57)81/h3-13,17,21,36-38,41,44,57,69,71H,14-16,18-20,22-35,39-40,42-43H2,1-2H3,(H,70,72)(H,73,80,81). The number of likely N-dealkylation sites (tertiary alicyclic amines) is 1. The van der Waals surface area contributed by atoms with Crippen LogP contribution in [0.15, 0.2) is 114 Å². The Hall–Kier alpha value is -8.10. The highest BCUT2D eigenvalue weighted by Gasteiger charge is 2.46. The average Bonchev–Trinajstić information content (AvgIpc) is 1.58. The van der Waals surface area contributed by atoms with Crippen LogP contribution in [0.1, 0.15) is 95.4 Å². The van der Waals surface area contributed by atoms with E-state index >= 15 is 0 Å². The number of aromatic nitrogens is 2. The topological polar surface area (TPSA) is 277 Å². The van der Waals surface area contributed by atoms with Crippen molar-refractivity contribution in [1.29, 1.82) is 0 Å². The third kappa shape index (κ3) is 15.8. The maximum atomic E-state index is 14.3. The third-order valence-electron chi connectivity index (χ3n) is 17.9. The summed E-state index contributed by atoms with van der Waals surface area (Å²) < 4.78 is 51.7. The van der Waals surface area contributed by atoms with Gasteiger partial charge in [-0.3, -0.25) is 49.2 Å². The van der Waals surface area contributed by atoms with Crippen LogP contribution in [0, 0.1) is 21.4 Å². The van der Waals surface area contributed by atoms with Crippen molar-refractivity contribution < 1.29 is 56.3 Å². The molecule has 2 aromatic heterocycles. The Morgan fingerprint density at radius 3 is 2.30 bits per heavy atom. The minimum atomic E-state index is -4.39. The van der Waals surface area contributed by atoms with Gasteiger partial charge in [-0.25, -0.2) is 13.4 Å². The monoisotopic (exact) mass is 1300 g/mol. The van der Waals surface area contributed by atoms with Crippen molar-refractivity contribution in [2.24, 2.45) is 11.3 Å². The van der Waals surface area contributed by atoms with Gasteiger partial charge in [0.05, 0.1) is 72.3 Å². The zero-order valence-corrected chi connectivity index (χ0v) is 53.3. The number of pyridine rings is 1. The minimum absolute atomic E-state index is 0.0412. The number of fused-ring (bicyclic) bond motifs is 2. The number of nitrogens with one attached hydrogen (secondary N) is 4. The number of carbonyl (C=O) groups is 5. The van der Waals surface area contributed by atoms with Gasteiger partial charge in [-0.05, 0) is 135 Å². The van der Waals surface area contributed by atoms with E-state index < -0.39 is 61.7 Å². The number of nitro benzene ring substituents is 1. The van der Waals surface area contributed by atoms with Gasteiger partial charge >= 0.3 is 0 Å². The maximum Gasteiger partial charge on any atom is 0.293 e. The van der Waals surface area contributed by atoms with Gasteiger partial charge in [-0.15, -0.1) is 0 Å². The predicted molar refractivity (Wildman–Crippen MR) is 348 cm³/mol. The van der Waals surface area contributed by atoms with Crippen molar-refractivity contribution in [3.05, 3.63) is 146 Å². The molecule has 4 aromatic carbocycles. The second-order valence-electron chi connectivity index (χ2n) is 24.8. The number of rotatable bonds is 28. The molecule has 6 aromatic rings. The van der Waals surface area contributed by atoms with Crippen LogP contribution in [0.4, 0.5) is 22.7 Å². The first-order chi connectivity index (χ1) is 44.4. The van der Waals surface area contributed by atoms with Crippen LogP contribution >= 0.6 is 11.6 Å². The molecule has 3 saturated heterocycles. The van der Waals surface area contributed by atoms with E-state index in [-0.39, 0.29) is 57.2 Å². The molecule has 92 heavy (non-hydrogen) atoms. The molecule has 0 radical (unpaired) electrons. The largest absolute Gasteiger partial charge is 0.455 e. The van der Waals surface area contributed by atoms with Crippen LogP contribution in [0.3, 0.4) is 0 Å². The molecular formula is C67H77ClN10O13S. The molecule has 486 valence electrons. The van der Waals surface area contributed by atoms with Crippen LogP contribution in [0.25, 0.3) is 16.6 Å². The molecule has 11 rings (SSSR count). The van der Waals surface area contributed by atoms with E-state index in [9.17, 15) is 42.5 Å². The number of hydrogen-bond donors (Lipinski definition) is 4. The van der Waals surface area contributed by atoms with Gasteiger partial charge in [0.2, 0.25) is 11.8 Å². The number of hydrogen-bond acceptors (Lipinski definition) is 19. The number of H-pyrrole nitrogens is 1. The summed E-state index contributed by atoms with van der Waals surface area (Å²) in [5.41, 5.74) is 6.42. The van der Waals surface area contributed by atoms with E-state index in [1.165, 1.54) is 35.0 Å². The Morgan fingerprint density at radius 1 is 0.804 bits per heavy atom. The molecule has 0 bridgehead atoms. The Labute approximate surface area is 539 Å². The van der Waals surface area contributed by atoms with Crippen molar-refractivity contribution in [1.82, 2.24) is 30.0 Å². The first kappa shape index (κ1) is 65.4. The van der Waals surface area contributed by atoms with Gasteiger partial charge in [0.1, 0.15) is 34.6 Å². The third-order valence-corrected chi connectivity index (χ3v) is 19.7. The van der Waals surface area contributed by atoms with E-state index in [2.05, 4.69) is 66.6 Å². The summed E-state index contributed by atoms with van der Waals surface area (Å²) in [7, 11) is -4.39. The molecule has 0 saturated carbocycles. The molecule has 1 unspecified atom stereocenters. The van der Waals surface area contributed by atoms with Gasteiger partial charge in [-0.2, -0.15) is 0 Å². The summed E-state index contributed by atoms with van der Waals surface area (Å²) in [6.07, 6.45) is 8.26. The Balaban J connectivity index is 0.608. The molecule has 4 aliphatic heterocycles. The van der Waals surface area contributed by atoms with Crippen LogP contribution in [0.5, 0.6) is 11.5 Å². The second kappa shape index (κ2) is 29.2. The number of nitrogens with zero attached hydrogens (tertiary/aromatic N) is 6. The van der Waals surface area contributed by atoms with Crippen molar-refractivity contribution in [3.8, 4) is 11.5 Å². The number of anilines is 3. The number of nitro groups is 1. The Kier molecular flexibility index (Phi) is 20.8. The number of carbonyl (C=O) groups excluding carboxylic acids is 5. The zero-order valence-electron chi connectivity index (χ0n) is 51.7. The molecule has 4 N–H and O–H groups in total. The normalized spacial score (nSPS) is 18.4. The minimum Gasteiger partial charge on any atom is -0.455 e. The number of imide groups is 2. The number of piperidine rings is 2. The van der Waals surface area contributed by atoms with Gasteiger partial charge in [0.25, 0.3) is 17.5 Å². The van der Waals surface area contributed by atoms with Gasteiger partial charge in [0, 0.05) is 98.9 Å². The number of benzene rings is 4. The zero-order chi connectivity index (χ0) is 64.5. The average molecular weight is 1300 g/mol. The van der Waals surface area contributed by atoms with Gasteiger partial charge in [0.15, 0.2) is 15.6 Å². The highest BCUT2D eigenvalue weighted by molar-refractivity contribution is 7.92. The molecule has 5 aliphatic rings. The lowest BCUT2D eigenvalue weighted by molar-refractivity contribution is -0.384. The highest BCUT2D eigenvalue weighted by atomic mass is 35.5. The molecule has 0 spiro atoms. The summed E-state index contributed by atoms with van der Waals surface area (Å²) in [6.45, 7) is 14.0. The van der Waals surface area contributed by atoms with Crippen LogP contribution in [-0.2, 0) is 33.6 Å². The molecule has 3 fully saturated rings. The van der Waals surface area contributed by atoms with Crippen molar-refractivity contribution in [2.75, 3.05) is 126 Å². The van der Waals surface area contributed by atoms with E-state index in [1.54, 1.807) is 42.6 Å². The summed E-state index contributed by atoms with van der Waals surface area (Å²) in [5, 5.41) is 22.5. The molecule has 6 heterocycles. The lowest BCUT2D eigenvalue weighted by atomic mass is 9.72. The SMILES string of the molecule is CC1(C)CCC(CN2CCN(c3ccc(C(=O)CS(=O)(=O)c4ccc(NCC5CCN(CCOCCOCCOCCNc6cccc7c6C(=O)N(C6CCC(=O)NC6=O)C7=O)CC5)c([N+](=O)[O-])c4)c(Oc4cnc5[nH]ccc5c4)c3)CC2)=C(c2ccc(Cl)cc2)C1. The van der Waals surface area contributed by atoms with Crippen molar-refractivity contribution in [3.63, 3.8) is 0 Å². The smallest absolute Gasteiger partial charge is 0.293 e. The summed E-state index contributed by atoms with van der Waals surface area (Å²) in [5.74, 6) is -3.19. The second-order valence-corrected chi connectivity index (χ2v) is 27.2. The first-order valence-corrected chi connectivity index (χ1v) is 33.4. The number of amides is 4. The molecular weight excluding hydrogens is 1220 g/mol. The number of sulfone groups is 1. The van der Waals surface area contributed by atoms with Crippen molar-refractivity contribution >= 4 is 90.2 Å². The fraction of sp³-hybridized carbons (Fsp3) is 0.433. The van der Waals surface area contributed by atoms with Gasteiger partial charge in [-0.1, -0.05) is 49.2 Å². The number of aromatic amines is 1. The van der Waals surface area contributed by atoms with E-state index in [1.807, 2.05) is 24.3 Å². The van der Waals surface area contributed by atoms with E-state index in [0.29, 0.717) is 82.9 Å². The fourth-order valence-electron chi connectivity index (χ4n) is 12.7. The number of halogens is 1. The van der Waals surface area contributed by atoms with Crippen LogP contribution in [0.2, 0.25) is 5.02 Å². The number of ketones is 1. The quantitative estimate of drug-likeness (QED) is 0.0117. The Morgan fingerprint density at radius 2 is 1.55 bits per heavy atom. The number of Topliss-reactive ketones (excluding diaryl/α,β-unsaturated/α-hetero) is 1. The maximum absolute atomic E-state index is 14.3. The van der Waals surface area contributed by atoms with E-state index in [4.69, 9.17) is 30.5 Å². The predicted octanol–water partition coefficient (Wildman–Crippen LogP) is 9.05. The van der Waals surface area contributed by atoms with Crippen molar-refractivity contribution in [2.45, 2.75) is 69.7 Å². The van der Waals surface area contributed by atoms with Crippen LogP contribution in [-0.4, -0.2) is 184 Å². The highest BCUT2D eigenvalue weighted by Crippen LogP contribution is 2.44. The number of piperazine rings is 1. The number of ether oxygens (including phenoxy) is 4. The molecule has 1 aliphatic carbocycles.